The van der Waals surface area contributed by atoms with Crippen molar-refractivity contribution in [1.82, 2.24) is 14.5 Å². The lowest BCUT2D eigenvalue weighted by Crippen LogP contribution is -2.15. The Bertz CT molecular complexity index is 649. The van der Waals surface area contributed by atoms with E-state index < -0.39 is 11.5 Å². The Labute approximate surface area is 112 Å². The zero-order chi connectivity index (χ0) is 13.8. The third-order valence-electron chi connectivity index (χ3n) is 2.15. The number of carboxylic acid groups (broad SMARTS) is 1. The van der Waals surface area contributed by atoms with Crippen LogP contribution in [0.3, 0.4) is 0 Å². The van der Waals surface area contributed by atoms with Crippen LogP contribution in [0, 0.1) is 6.92 Å². The molecule has 0 unspecified atom stereocenters. The Morgan fingerprint density at radius 3 is 3.00 bits per heavy atom. The van der Waals surface area contributed by atoms with E-state index in [1.165, 1.54) is 6.07 Å². The molecule has 0 aliphatic carbocycles. The zero-order valence-corrected chi connectivity index (χ0v) is 10.9. The molecule has 0 fully saturated rings. The highest BCUT2D eigenvalue weighted by Gasteiger charge is 2.09. The molecule has 2 aromatic rings. The summed E-state index contributed by atoms with van der Waals surface area (Å²) < 4.78 is 6.96. The summed E-state index contributed by atoms with van der Waals surface area (Å²) >= 11 is 0.978. The molecule has 19 heavy (non-hydrogen) atoms. The standard InChI is InChI=1S/C11H11N3O4S/c1-7-4-12-9(18-7)5-14-3-2-8(15)13-11(14)19-6-10(16)17/h2-4H,5-6H2,1H3,(H,16,17). The van der Waals surface area contributed by atoms with E-state index in [1.807, 2.05) is 0 Å². The average Bonchev–Trinajstić information content (AvgIpc) is 2.75. The summed E-state index contributed by atoms with van der Waals surface area (Å²) in [5, 5.41) is 8.99. The minimum atomic E-state index is -0.971. The number of aliphatic carboxylic acids is 1. The Balaban J connectivity index is 2.23. The summed E-state index contributed by atoms with van der Waals surface area (Å²) in [6.07, 6.45) is 3.13. The second-order valence-electron chi connectivity index (χ2n) is 3.72. The Hall–Kier alpha value is -2.09. The van der Waals surface area contributed by atoms with E-state index in [2.05, 4.69) is 9.97 Å². The maximum atomic E-state index is 11.2. The van der Waals surface area contributed by atoms with E-state index in [0.717, 1.165) is 11.8 Å². The van der Waals surface area contributed by atoms with Gasteiger partial charge in [0.25, 0.3) is 5.56 Å². The third kappa shape index (κ3) is 3.68. The molecule has 0 atom stereocenters. The summed E-state index contributed by atoms with van der Waals surface area (Å²) in [7, 11) is 0. The third-order valence-corrected chi connectivity index (χ3v) is 3.12. The Morgan fingerprint density at radius 1 is 1.58 bits per heavy atom. The molecule has 0 saturated heterocycles. The van der Waals surface area contributed by atoms with Gasteiger partial charge in [0.05, 0.1) is 11.9 Å². The lowest BCUT2D eigenvalue weighted by Gasteiger charge is -2.08. The SMILES string of the molecule is Cc1cnc(Cn2ccc(=O)nc2SCC(=O)O)o1. The highest BCUT2D eigenvalue weighted by atomic mass is 32.2. The van der Waals surface area contributed by atoms with Gasteiger partial charge in [0.2, 0.25) is 5.89 Å². The van der Waals surface area contributed by atoms with Crippen LogP contribution >= 0.6 is 11.8 Å². The van der Waals surface area contributed by atoms with Crippen molar-refractivity contribution in [3.05, 3.63) is 40.5 Å². The average molecular weight is 281 g/mol. The van der Waals surface area contributed by atoms with Crippen molar-refractivity contribution in [3.63, 3.8) is 0 Å². The highest BCUT2D eigenvalue weighted by molar-refractivity contribution is 7.99. The van der Waals surface area contributed by atoms with Crippen LogP contribution in [0.4, 0.5) is 0 Å². The normalized spacial score (nSPS) is 10.6. The Kier molecular flexibility index (Phi) is 4.00. The molecule has 0 aliphatic heterocycles. The molecule has 7 nitrogen and oxygen atoms in total. The van der Waals surface area contributed by atoms with Gasteiger partial charge in [-0.3, -0.25) is 9.59 Å². The molecule has 8 heteroatoms. The van der Waals surface area contributed by atoms with Crippen LogP contribution in [0.2, 0.25) is 0 Å². The van der Waals surface area contributed by atoms with Crippen molar-refractivity contribution in [2.75, 3.05) is 5.75 Å². The van der Waals surface area contributed by atoms with Gasteiger partial charge in [0.1, 0.15) is 12.3 Å². The minimum absolute atomic E-state index is 0.166. The second kappa shape index (κ2) is 5.70. The van der Waals surface area contributed by atoms with Gasteiger partial charge in [-0.15, -0.1) is 0 Å². The number of carbonyl (C=O) groups is 1. The van der Waals surface area contributed by atoms with E-state index in [0.29, 0.717) is 23.4 Å². The van der Waals surface area contributed by atoms with E-state index in [1.54, 1.807) is 23.9 Å². The number of rotatable bonds is 5. The number of oxazole rings is 1. The minimum Gasteiger partial charge on any atom is -0.481 e. The topological polar surface area (TPSA) is 98.2 Å². The van der Waals surface area contributed by atoms with Gasteiger partial charge in [-0.25, -0.2) is 4.98 Å². The highest BCUT2D eigenvalue weighted by Crippen LogP contribution is 2.15. The van der Waals surface area contributed by atoms with Gasteiger partial charge >= 0.3 is 5.97 Å². The van der Waals surface area contributed by atoms with Crippen LogP contribution in [0.25, 0.3) is 0 Å². The molecule has 1 N–H and O–H groups in total. The van der Waals surface area contributed by atoms with Gasteiger partial charge in [-0.1, -0.05) is 11.8 Å². The fourth-order valence-electron chi connectivity index (χ4n) is 1.40. The largest absolute Gasteiger partial charge is 0.481 e. The molecule has 0 spiro atoms. The van der Waals surface area contributed by atoms with Crippen LogP contribution in [0.1, 0.15) is 11.7 Å². The molecule has 2 rings (SSSR count). The van der Waals surface area contributed by atoms with Crippen LogP contribution in [0.5, 0.6) is 0 Å². The molecule has 0 aromatic carbocycles. The van der Waals surface area contributed by atoms with Crippen LogP contribution in [0.15, 0.2) is 32.8 Å². The van der Waals surface area contributed by atoms with Crippen molar-refractivity contribution >= 4 is 17.7 Å². The number of hydrogen-bond donors (Lipinski definition) is 1. The molecule has 0 radical (unpaired) electrons. The summed E-state index contributed by atoms with van der Waals surface area (Å²) in [5.74, 6) is 0.0200. The first kappa shape index (κ1) is 13.3. The van der Waals surface area contributed by atoms with Crippen molar-refractivity contribution in [2.24, 2.45) is 0 Å². The van der Waals surface area contributed by atoms with E-state index >= 15 is 0 Å². The van der Waals surface area contributed by atoms with E-state index in [9.17, 15) is 9.59 Å². The first-order chi connectivity index (χ1) is 9.04. The van der Waals surface area contributed by atoms with Crippen molar-refractivity contribution in [1.29, 1.82) is 0 Å². The summed E-state index contributed by atoms with van der Waals surface area (Å²) in [6, 6.07) is 1.31. The van der Waals surface area contributed by atoms with Crippen molar-refractivity contribution < 1.29 is 14.3 Å². The summed E-state index contributed by atoms with van der Waals surface area (Å²) in [5.41, 5.74) is -0.410. The smallest absolute Gasteiger partial charge is 0.313 e. The lowest BCUT2D eigenvalue weighted by molar-refractivity contribution is -0.133. The molecule has 0 bridgehead atoms. The first-order valence-corrected chi connectivity index (χ1v) is 6.36. The van der Waals surface area contributed by atoms with E-state index in [-0.39, 0.29) is 5.75 Å². The molecule has 100 valence electrons. The fraction of sp³-hybridized carbons (Fsp3) is 0.273. The summed E-state index contributed by atoms with van der Waals surface area (Å²) in [6.45, 7) is 2.07. The number of nitrogens with zero attached hydrogens (tertiary/aromatic N) is 3. The molecular weight excluding hydrogens is 270 g/mol. The second-order valence-corrected chi connectivity index (χ2v) is 4.67. The van der Waals surface area contributed by atoms with Gasteiger partial charge in [-0.2, -0.15) is 4.98 Å². The fourth-order valence-corrected chi connectivity index (χ4v) is 2.09. The van der Waals surface area contributed by atoms with E-state index in [4.69, 9.17) is 9.52 Å². The summed E-state index contributed by atoms with van der Waals surface area (Å²) in [4.78, 5) is 29.6. The van der Waals surface area contributed by atoms with Crippen LogP contribution in [-0.2, 0) is 11.3 Å². The maximum absolute atomic E-state index is 11.2. The predicted molar refractivity (Wildman–Crippen MR) is 67.2 cm³/mol. The molecule has 0 amide bonds. The number of thioether (sulfide) groups is 1. The molecule has 2 aromatic heterocycles. The number of hydrogen-bond acceptors (Lipinski definition) is 6. The van der Waals surface area contributed by atoms with Crippen LogP contribution < -0.4 is 5.56 Å². The van der Waals surface area contributed by atoms with Gasteiger partial charge in [0, 0.05) is 12.3 Å². The van der Waals surface area contributed by atoms with Crippen LogP contribution in [-0.4, -0.2) is 31.4 Å². The molecule has 0 aliphatic rings. The lowest BCUT2D eigenvalue weighted by atomic mass is 10.5. The Morgan fingerprint density at radius 2 is 2.37 bits per heavy atom. The van der Waals surface area contributed by atoms with Gasteiger partial charge in [-0.05, 0) is 6.92 Å². The molecular formula is C11H11N3O4S. The number of aromatic nitrogens is 3. The van der Waals surface area contributed by atoms with Crippen molar-refractivity contribution in [3.8, 4) is 0 Å². The first-order valence-electron chi connectivity index (χ1n) is 5.38. The molecule has 2 heterocycles. The quantitative estimate of drug-likeness (QED) is 0.638. The molecule has 0 saturated carbocycles. The van der Waals surface area contributed by atoms with Gasteiger partial charge < -0.3 is 14.1 Å². The maximum Gasteiger partial charge on any atom is 0.313 e. The zero-order valence-electron chi connectivity index (χ0n) is 10.1. The monoisotopic (exact) mass is 281 g/mol. The van der Waals surface area contributed by atoms with Crippen molar-refractivity contribution in [2.45, 2.75) is 18.6 Å². The number of carboxylic acids is 1. The number of aryl methyl sites for hydroxylation is 1. The van der Waals surface area contributed by atoms with Gasteiger partial charge in [0.15, 0.2) is 5.16 Å². The predicted octanol–water partition coefficient (Wildman–Crippen LogP) is 0.765.